The van der Waals surface area contributed by atoms with Crippen molar-refractivity contribution in [1.29, 1.82) is 0 Å². The smallest absolute Gasteiger partial charge is 0.201 e. The van der Waals surface area contributed by atoms with Crippen molar-refractivity contribution in [2.24, 2.45) is 0 Å². The number of fused-ring (bicyclic) bond motifs is 1. The van der Waals surface area contributed by atoms with E-state index in [0.717, 1.165) is 22.4 Å². The van der Waals surface area contributed by atoms with Crippen molar-refractivity contribution in [3.05, 3.63) is 36.2 Å². The van der Waals surface area contributed by atoms with E-state index in [-0.39, 0.29) is 0 Å². The number of rotatable bonds is 7. The second kappa shape index (κ2) is 7.59. The van der Waals surface area contributed by atoms with Crippen molar-refractivity contribution in [3.8, 4) is 23.0 Å². The van der Waals surface area contributed by atoms with Crippen LogP contribution in [0.15, 0.2) is 24.7 Å². The Balaban J connectivity index is 1.81. The predicted molar refractivity (Wildman–Crippen MR) is 101 cm³/mol. The molecular weight excluding hydrogens is 360 g/mol. The number of nitrogens with one attached hydrogen (secondary N) is 1. The van der Waals surface area contributed by atoms with Crippen molar-refractivity contribution in [2.75, 3.05) is 13.2 Å². The number of nitrogens with zero attached hydrogens (tertiary/aromatic N) is 7. The van der Waals surface area contributed by atoms with E-state index in [4.69, 9.17) is 9.47 Å². The van der Waals surface area contributed by atoms with Gasteiger partial charge in [0.15, 0.2) is 11.5 Å². The standard InChI is InChI=1S/C18H20N8O2/c1-4-27-14-6-12-13(7-15(14)28-5-2)20-10-21-17(12)18-23-24-25-26(18)9-16-19-8-11(3)22-16/h6-8,10H,4-5,9H2,1-3H3,(H,19,22). The molecule has 0 bridgehead atoms. The Morgan fingerprint density at radius 2 is 1.82 bits per heavy atom. The molecule has 0 aliphatic carbocycles. The zero-order chi connectivity index (χ0) is 19.5. The second-order valence-electron chi connectivity index (χ2n) is 6.08. The zero-order valence-corrected chi connectivity index (χ0v) is 15.9. The average Bonchev–Trinajstić information content (AvgIpc) is 3.31. The summed E-state index contributed by atoms with van der Waals surface area (Å²) >= 11 is 0. The number of aromatic nitrogens is 8. The first-order valence-corrected chi connectivity index (χ1v) is 9.01. The molecule has 0 saturated carbocycles. The molecule has 1 aromatic carbocycles. The molecule has 1 N–H and O–H groups in total. The van der Waals surface area contributed by atoms with E-state index in [2.05, 4.69) is 35.5 Å². The third-order valence-electron chi connectivity index (χ3n) is 4.10. The molecule has 0 saturated heterocycles. The zero-order valence-electron chi connectivity index (χ0n) is 15.9. The van der Waals surface area contributed by atoms with Crippen LogP contribution >= 0.6 is 0 Å². The van der Waals surface area contributed by atoms with Crippen LogP contribution in [-0.4, -0.2) is 53.4 Å². The number of tetrazole rings is 1. The second-order valence-corrected chi connectivity index (χ2v) is 6.08. The number of hydrogen-bond acceptors (Lipinski definition) is 8. The van der Waals surface area contributed by atoms with E-state index in [1.54, 1.807) is 10.9 Å². The molecule has 144 valence electrons. The summed E-state index contributed by atoms with van der Waals surface area (Å²) in [6.07, 6.45) is 3.26. The Bertz CT molecular complexity index is 1100. The van der Waals surface area contributed by atoms with Gasteiger partial charge < -0.3 is 14.5 Å². The molecule has 10 heteroatoms. The van der Waals surface area contributed by atoms with Gasteiger partial charge in [0.2, 0.25) is 5.82 Å². The minimum absolute atomic E-state index is 0.400. The topological polar surface area (TPSA) is 117 Å². The monoisotopic (exact) mass is 380 g/mol. The SMILES string of the molecule is CCOc1cc2ncnc(-c3nnnn3Cc3ncc(C)[nH]3)c2cc1OCC. The lowest BCUT2D eigenvalue weighted by Gasteiger charge is -2.13. The maximum Gasteiger partial charge on any atom is 0.201 e. The molecule has 4 aromatic rings. The highest BCUT2D eigenvalue weighted by atomic mass is 16.5. The summed E-state index contributed by atoms with van der Waals surface area (Å²) in [5.74, 6) is 2.56. The van der Waals surface area contributed by atoms with E-state index in [1.807, 2.05) is 32.9 Å². The summed E-state index contributed by atoms with van der Waals surface area (Å²) in [5, 5.41) is 12.9. The molecule has 0 fully saturated rings. The van der Waals surface area contributed by atoms with Crippen LogP contribution < -0.4 is 9.47 Å². The lowest BCUT2D eigenvalue weighted by molar-refractivity contribution is 0.288. The van der Waals surface area contributed by atoms with E-state index < -0.39 is 0 Å². The molecule has 0 aliphatic heterocycles. The van der Waals surface area contributed by atoms with Crippen LogP contribution in [0.25, 0.3) is 22.4 Å². The Hall–Kier alpha value is -3.56. The van der Waals surface area contributed by atoms with Gasteiger partial charge in [-0.1, -0.05) is 0 Å². The number of aromatic amines is 1. The van der Waals surface area contributed by atoms with Crippen LogP contribution in [0.3, 0.4) is 0 Å². The van der Waals surface area contributed by atoms with Gasteiger partial charge in [-0.2, -0.15) is 0 Å². The minimum atomic E-state index is 0.400. The van der Waals surface area contributed by atoms with Crippen molar-refractivity contribution >= 4 is 10.9 Å². The predicted octanol–water partition coefficient (Wildman–Crippen LogP) is 2.16. The molecule has 0 amide bonds. The Morgan fingerprint density at radius 3 is 2.54 bits per heavy atom. The summed E-state index contributed by atoms with van der Waals surface area (Å²) in [6, 6.07) is 3.72. The molecule has 0 unspecified atom stereocenters. The van der Waals surface area contributed by atoms with Crippen LogP contribution in [0.2, 0.25) is 0 Å². The number of ether oxygens (including phenoxy) is 2. The highest BCUT2D eigenvalue weighted by Crippen LogP contribution is 2.35. The minimum Gasteiger partial charge on any atom is -0.490 e. The first-order valence-electron chi connectivity index (χ1n) is 9.01. The first-order chi connectivity index (χ1) is 13.7. The van der Waals surface area contributed by atoms with E-state index in [9.17, 15) is 0 Å². The summed E-state index contributed by atoms with van der Waals surface area (Å²) in [4.78, 5) is 16.3. The number of aryl methyl sites for hydroxylation is 1. The summed E-state index contributed by atoms with van der Waals surface area (Å²) in [5.41, 5.74) is 2.31. The lowest BCUT2D eigenvalue weighted by Crippen LogP contribution is -2.07. The third kappa shape index (κ3) is 3.36. The fourth-order valence-electron chi connectivity index (χ4n) is 2.95. The van der Waals surface area contributed by atoms with E-state index >= 15 is 0 Å². The van der Waals surface area contributed by atoms with Gasteiger partial charge in [-0.05, 0) is 37.3 Å². The molecular formula is C18H20N8O2. The number of H-pyrrole nitrogens is 1. The van der Waals surface area contributed by atoms with Gasteiger partial charge in [0, 0.05) is 23.3 Å². The van der Waals surface area contributed by atoms with Crippen LogP contribution in [-0.2, 0) is 6.54 Å². The van der Waals surface area contributed by atoms with Gasteiger partial charge in [0.1, 0.15) is 24.4 Å². The fourth-order valence-corrected chi connectivity index (χ4v) is 2.95. The molecule has 4 rings (SSSR count). The molecule has 0 atom stereocenters. The largest absolute Gasteiger partial charge is 0.490 e. The fraction of sp³-hybridized carbons (Fsp3) is 0.333. The van der Waals surface area contributed by atoms with Gasteiger partial charge in [0.05, 0.1) is 18.7 Å². The number of hydrogen-bond donors (Lipinski definition) is 1. The Kier molecular flexibility index (Phi) is 4.83. The Labute approximate surface area is 160 Å². The highest BCUT2D eigenvalue weighted by molar-refractivity contribution is 5.92. The van der Waals surface area contributed by atoms with E-state index in [1.165, 1.54) is 6.33 Å². The van der Waals surface area contributed by atoms with Crippen molar-refractivity contribution < 1.29 is 9.47 Å². The molecule has 3 aromatic heterocycles. The molecule has 10 nitrogen and oxygen atoms in total. The highest BCUT2D eigenvalue weighted by Gasteiger charge is 2.18. The number of imidazole rings is 1. The van der Waals surface area contributed by atoms with Gasteiger partial charge >= 0.3 is 0 Å². The molecule has 28 heavy (non-hydrogen) atoms. The molecule has 3 heterocycles. The quantitative estimate of drug-likeness (QED) is 0.518. The molecule has 0 spiro atoms. The van der Waals surface area contributed by atoms with Crippen LogP contribution in [0.1, 0.15) is 25.4 Å². The van der Waals surface area contributed by atoms with Crippen molar-refractivity contribution in [2.45, 2.75) is 27.3 Å². The maximum atomic E-state index is 5.74. The van der Waals surface area contributed by atoms with Crippen LogP contribution in [0.4, 0.5) is 0 Å². The third-order valence-corrected chi connectivity index (χ3v) is 4.10. The maximum absolute atomic E-state index is 5.74. The average molecular weight is 380 g/mol. The van der Waals surface area contributed by atoms with Gasteiger partial charge in [0.25, 0.3) is 0 Å². The van der Waals surface area contributed by atoms with Crippen molar-refractivity contribution in [3.63, 3.8) is 0 Å². The Morgan fingerprint density at radius 1 is 1.04 bits per heavy atom. The summed E-state index contributed by atoms with van der Waals surface area (Å²) < 4.78 is 13.1. The summed E-state index contributed by atoms with van der Waals surface area (Å²) in [7, 11) is 0. The lowest BCUT2D eigenvalue weighted by atomic mass is 10.1. The van der Waals surface area contributed by atoms with Crippen molar-refractivity contribution in [1.82, 2.24) is 40.1 Å². The summed E-state index contributed by atoms with van der Waals surface area (Å²) in [6.45, 7) is 7.25. The number of benzene rings is 1. The molecule has 0 radical (unpaired) electrons. The van der Waals surface area contributed by atoms with Gasteiger partial charge in [-0.15, -0.1) is 5.10 Å². The first kappa shape index (κ1) is 17.8. The molecule has 0 aliphatic rings. The normalized spacial score (nSPS) is 11.1. The van der Waals surface area contributed by atoms with E-state index in [0.29, 0.717) is 42.8 Å². The van der Waals surface area contributed by atoms with Gasteiger partial charge in [-0.3, -0.25) is 0 Å². The van der Waals surface area contributed by atoms with Crippen LogP contribution in [0, 0.1) is 6.92 Å². The van der Waals surface area contributed by atoms with Crippen LogP contribution in [0.5, 0.6) is 11.5 Å². The van der Waals surface area contributed by atoms with Gasteiger partial charge in [-0.25, -0.2) is 19.6 Å².